The molecule has 0 saturated carbocycles. The van der Waals surface area contributed by atoms with Crippen molar-refractivity contribution < 1.29 is 14.0 Å². The molecule has 0 spiro atoms. The van der Waals surface area contributed by atoms with Crippen molar-refractivity contribution in [1.82, 2.24) is 9.88 Å². The summed E-state index contributed by atoms with van der Waals surface area (Å²) in [6, 6.07) is 23.2. The van der Waals surface area contributed by atoms with E-state index in [4.69, 9.17) is 12.2 Å². The normalized spacial score (nSPS) is 15.4. The van der Waals surface area contributed by atoms with Crippen molar-refractivity contribution >= 4 is 51.8 Å². The quantitative estimate of drug-likeness (QED) is 0.277. The first-order chi connectivity index (χ1) is 16.0. The third-order valence-electron chi connectivity index (χ3n) is 5.50. The zero-order chi connectivity index (χ0) is 22.9. The number of rotatable bonds is 4. The Balaban J connectivity index is 1.57. The molecule has 0 radical (unpaired) electrons. The highest BCUT2D eigenvalue weighted by Gasteiger charge is 2.34. The second kappa shape index (κ2) is 8.44. The van der Waals surface area contributed by atoms with Crippen LogP contribution in [0.25, 0.3) is 17.0 Å². The van der Waals surface area contributed by atoms with Gasteiger partial charge < -0.3 is 4.57 Å². The first-order valence-corrected chi connectivity index (χ1v) is 10.7. The van der Waals surface area contributed by atoms with Gasteiger partial charge in [-0.1, -0.05) is 48.5 Å². The van der Waals surface area contributed by atoms with Gasteiger partial charge in [0.25, 0.3) is 11.8 Å². The maximum absolute atomic E-state index is 13.4. The minimum Gasteiger partial charge on any atom is -0.342 e. The highest BCUT2D eigenvalue weighted by molar-refractivity contribution is 7.80. The van der Waals surface area contributed by atoms with Crippen LogP contribution in [0.1, 0.15) is 11.1 Å². The summed E-state index contributed by atoms with van der Waals surface area (Å²) in [5, 5.41) is 3.44. The number of thiocarbonyl (C=S) groups is 1. The summed E-state index contributed by atoms with van der Waals surface area (Å²) >= 11 is 5.22. The fraction of sp³-hybridized carbons (Fsp3) is 0.0385. The van der Waals surface area contributed by atoms with Gasteiger partial charge in [-0.3, -0.25) is 19.8 Å². The number of halogens is 1. The summed E-state index contributed by atoms with van der Waals surface area (Å²) in [7, 11) is 0. The molecule has 1 N–H and O–H groups in total. The fourth-order valence-corrected chi connectivity index (χ4v) is 4.22. The van der Waals surface area contributed by atoms with Gasteiger partial charge in [0, 0.05) is 29.2 Å². The molecular weight excluding hydrogens is 437 g/mol. The Morgan fingerprint density at radius 3 is 2.36 bits per heavy atom. The van der Waals surface area contributed by atoms with Gasteiger partial charge in [-0.2, -0.15) is 0 Å². The predicted octanol–water partition coefficient (Wildman–Crippen LogP) is 4.66. The van der Waals surface area contributed by atoms with Gasteiger partial charge in [0.1, 0.15) is 11.4 Å². The molecule has 1 saturated heterocycles. The molecule has 5 nitrogen and oxygen atoms in total. The SMILES string of the molecule is O=C1NC(=S)N(c2ccc(F)cc2)C(=O)/C1=C/c1cn(Cc2ccccc2)c2ccccc12. The zero-order valence-electron chi connectivity index (χ0n) is 17.4. The number of amides is 2. The van der Waals surface area contributed by atoms with Gasteiger partial charge in [0.05, 0.1) is 5.69 Å². The number of anilines is 1. The summed E-state index contributed by atoms with van der Waals surface area (Å²) in [6.45, 7) is 0.649. The maximum atomic E-state index is 13.4. The molecule has 1 fully saturated rings. The summed E-state index contributed by atoms with van der Waals surface area (Å²) < 4.78 is 15.4. The van der Waals surface area contributed by atoms with Crippen LogP contribution in [0, 0.1) is 5.82 Å². The molecule has 0 bridgehead atoms. The number of carbonyl (C=O) groups excluding carboxylic acids is 2. The van der Waals surface area contributed by atoms with E-state index in [2.05, 4.69) is 9.88 Å². The second-order valence-electron chi connectivity index (χ2n) is 7.65. The van der Waals surface area contributed by atoms with Crippen LogP contribution < -0.4 is 10.2 Å². The predicted molar refractivity (Wildman–Crippen MR) is 130 cm³/mol. The molecule has 7 heteroatoms. The lowest BCUT2D eigenvalue weighted by Crippen LogP contribution is -2.54. The molecule has 2 heterocycles. The van der Waals surface area contributed by atoms with Gasteiger partial charge in [0.15, 0.2) is 5.11 Å². The number of fused-ring (bicyclic) bond motifs is 1. The number of hydrogen-bond donors (Lipinski definition) is 1. The second-order valence-corrected chi connectivity index (χ2v) is 8.04. The summed E-state index contributed by atoms with van der Waals surface area (Å²) in [4.78, 5) is 27.2. The van der Waals surface area contributed by atoms with Crippen molar-refractivity contribution in [2.24, 2.45) is 0 Å². The van der Waals surface area contributed by atoms with Gasteiger partial charge in [0.2, 0.25) is 0 Å². The lowest BCUT2D eigenvalue weighted by molar-refractivity contribution is -0.122. The number of benzene rings is 3. The molecule has 0 unspecified atom stereocenters. The minimum atomic E-state index is -0.566. The van der Waals surface area contributed by atoms with Crippen LogP contribution in [-0.2, 0) is 16.1 Å². The molecule has 2 amide bonds. The Hall–Kier alpha value is -4.10. The van der Waals surface area contributed by atoms with Crippen LogP contribution in [-0.4, -0.2) is 21.5 Å². The summed E-state index contributed by atoms with van der Waals surface area (Å²) in [6.07, 6.45) is 3.51. The number of nitrogens with zero attached hydrogens (tertiary/aromatic N) is 2. The van der Waals surface area contributed by atoms with Gasteiger partial charge in [-0.05, 0) is 54.2 Å². The lowest BCUT2D eigenvalue weighted by atomic mass is 10.1. The Morgan fingerprint density at radius 1 is 0.909 bits per heavy atom. The lowest BCUT2D eigenvalue weighted by Gasteiger charge is -2.28. The van der Waals surface area contributed by atoms with Crippen LogP contribution in [0.2, 0.25) is 0 Å². The molecule has 1 aliphatic heterocycles. The minimum absolute atomic E-state index is 0.0414. The van der Waals surface area contributed by atoms with Crippen LogP contribution in [0.3, 0.4) is 0 Å². The smallest absolute Gasteiger partial charge is 0.270 e. The maximum Gasteiger partial charge on any atom is 0.270 e. The molecule has 162 valence electrons. The first kappa shape index (κ1) is 20.8. The van der Waals surface area contributed by atoms with Gasteiger partial charge in [-0.15, -0.1) is 0 Å². The first-order valence-electron chi connectivity index (χ1n) is 10.3. The Labute approximate surface area is 194 Å². The summed E-state index contributed by atoms with van der Waals surface area (Å²) in [5.41, 5.74) is 3.20. The van der Waals surface area contributed by atoms with E-state index in [1.54, 1.807) is 6.08 Å². The number of aromatic nitrogens is 1. The van der Waals surface area contributed by atoms with E-state index in [1.807, 2.05) is 60.8 Å². The molecule has 3 aromatic carbocycles. The van der Waals surface area contributed by atoms with Crippen LogP contribution in [0.4, 0.5) is 10.1 Å². The standard InChI is InChI=1S/C26H18FN3O2S/c27-19-10-12-20(13-11-19)30-25(32)22(24(31)28-26(30)33)14-18-16-29(15-17-6-2-1-3-7-17)23-9-5-4-8-21(18)23/h1-14,16H,15H2,(H,28,31,33)/b22-14+. The third-order valence-corrected chi connectivity index (χ3v) is 5.79. The van der Waals surface area contributed by atoms with E-state index in [0.717, 1.165) is 22.0 Å². The fourth-order valence-electron chi connectivity index (χ4n) is 3.94. The molecule has 0 aliphatic carbocycles. The van der Waals surface area contributed by atoms with Crippen molar-refractivity contribution in [3.05, 3.63) is 108 Å². The van der Waals surface area contributed by atoms with E-state index >= 15 is 0 Å². The number of nitrogens with one attached hydrogen (secondary N) is 1. The zero-order valence-corrected chi connectivity index (χ0v) is 18.2. The van der Waals surface area contributed by atoms with E-state index in [1.165, 1.54) is 29.2 Å². The molecule has 4 aromatic rings. The van der Waals surface area contributed by atoms with E-state index in [9.17, 15) is 14.0 Å². The highest BCUT2D eigenvalue weighted by atomic mass is 32.1. The Morgan fingerprint density at radius 2 is 1.61 bits per heavy atom. The number of carbonyl (C=O) groups is 2. The van der Waals surface area contributed by atoms with Crippen molar-refractivity contribution in [1.29, 1.82) is 0 Å². The Bertz CT molecular complexity index is 1430. The topological polar surface area (TPSA) is 54.3 Å². The van der Waals surface area contributed by atoms with Gasteiger partial charge >= 0.3 is 0 Å². The monoisotopic (exact) mass is 455 g/mol. The van der Waals surface area contributed by atoms with E-state index in [-0.39, 0.29) is 10.7 Å². The van der Waals surface area contributed by atoms with Crippen molar-refractivity contribution in [2.45, 2.75) is 6.54 Å². The average molecular weight is 456 g/mol. The third kappa shape index (κ3) is 3.94. The molecule has 1 aromatic heterocycles. The highest BCUT2D eigenvalue weighted by Crippen LogP contribution is 2.27. The van der Waals surface area contributed by atoms with Crippen molar-refractivity contribution in [3.8, 4) is 0 Å². The molecule has 1 aliphatic rings. The van der Waals surface area contributed by atoms with E-state index in [0.29, 0.717) is 12.2 Å². The van der Waals surface area contributed by atoms with Crippen molar-refractivity contribution in [2.75, 3.05) is 4.90 Å². The summed E-state index contributed by atoms with van der Waals surface area (Å²) in [5.74, 6) is -1.56. The molecular formula is C26H18FN3O2S. The van der Waals surface area contributed by atoms with Crippen LogP contribution in [0.5, 0.6) is 0 Å². The number of hydrogen-bond acceptors (Lipinski definition) is 3. The molecule has 5 rings (SSSR count). The van der Waals surface area contributed by atoms with Crippen molar-refractivity contribution in [3.63, 3.8) is 0 Å². The van der Waals surface area contributed by atoms with Crippen LogP contribution >= 0.6 is 12.2 Å². The van der Waals surface area contributed by atoms with Crippen LogP contribution in [0.15, 0.2) is 90.6 Å². The van der Waals surface area contributed by atoms with Gasteiger partial charge in [-0.25, -0.2) is 4.39 Å². The largest absolute Gasteiger partial charge is 0.342 e. The molecule has 0 atom stereocenters. The number of para-hydroxylation sites is 1. The average Bonchev–Trinajstić information content (AvgIpc) is 3.16. The Kier molecular flexibility index (Phi) is 5.32. The molecule has 33 heavy (non-hydrogen) atoms. The van der Waals surface area contributed by atoms with E-state index < -0.39 is 17.6 Å².